The molecule has 0 aliphatic heterocycles. The minimum absolute atomic E-state index is 0.00929. The summed E-state index contributed by atoms with van der Waals surface area (Å²) in [5, 5.41) is 3.84. The predicted molar refractivity (Wildman–Crippen MR) is 135 cm³/mol. The number of aromatic nitrogens is 2. The van der Waals surface area contributed by atoms with Gasteiger partial charge < -0.3 is 14.9 Å². The van der Waals surface area contributed by atoms with E-state index < -0.39 is 0 Å². The van der Waals surface area contributed by atoms with Crippen LogP contribution in [-0.4, -0.2) is 22.0 Å². The predicted octanol–water partition coefficient (Wildman–Crippen LogP) is 4.94. The number of carbonyl (C=O) groups is 1. The fourth-order valence-electron chi connectivity index (χ4n) is 4.43. The van der Waals surface area contributed by atoms with E-state index >= 15 is 0 Å². The van der Waals surface area contributed by atoms with Gasteiger partial charge in [-0.1, -0.05) is 72.8 Å². The number of H-pyrrole nitrogens is 1. The van der Waals surface area contributed by atoms with E-state index in [1.54, 1.807) is 10.6 Å². The van der Waals surface area contributed by atoms with Gasteiger partial charge in [0.15, 0.2) is 0 Å². The summed E-state index contributed by atoms with van der Waals surface area (Å²) in [6.45, 7) is 0.738. The van der Waals surface area contributed by atoms with Crippen molar-refractivity contribution in [2.24, 2.45) is 0 Å². The molecule has 0 saturated carbocycles. The number of carbonyl (C=O) groups excluding carboxylic acids is 1. The maximum atomic E-state index is 12.8. The summed E-state index contributed by atoms with van der Waals surface area (Å²) in [5.41, 5.74) is 4.79. The number of fused-ring (bicyclic) bond motifs is 1. The standard InChI is InChI=1S/C29H25N3O2/c33-27-15-14-23(28(21-8-3-1-4-9-21)22-10-5-2-6-11-22)20-32(27)19-18-31-29(34)25-12-7-13-26-24(25)16-17-30-26/h1-17,20,28,30H,18-19H2,(H,31,34). The highest BCUT2D eigenvalue weighted by molar-refractivity contribution is 6.06. The monoisotopic (exact) mass is 447 g/mol. The van der Waals surface area contributed by atoms with Crippen molar-refractivity contribution in [3.63, 3.8) is 0 Å². The second kappa shape index (κ2) is 9.63. The fraction of sp³-hybridized carbons (Fsp3) is 0.103. The SMILES string of the molecule is O=C(NCCn1cc(C(c2ccccc2)c2ccccc2)ccc1=O)c1cccc2[nH]ccc12. The highest BCUT2D eigenvalue weighted by Gasteiger charge is 2.17. The molecule has 0 radical (unpaired) electrons. The van der Waals surface area contributed by atoms with Gasteiger partial charge in [-0.2, -0.15) is 0 Å². The first-order valence-corrected chi connectivity index (χ1v) is 11.4. The van der Waals surface area contributed by atoms with Crippen LogP contribution in [-0.2, 0) is 6.54 Å². The van der Waals surface area contributed by atoms with Crippen molar-refractivity contribution in [2.75, 3.05) is 6.54 Å². The van der Waals surface area contributed by atoms with Gasteiger partial charge in [0.2, 0.25) is 0 Å². The second-order valence-electron chi connectivity index (χ2n) is 8.25. The van der Waals surface area contributed by atoms with E-state index in [0.29, 0.717) is 18.7 Å². The molecule has 2 N–H and O–H groups in total. The van der Waals surface area contributed by atoms with Gasteiger partial charge in [0.1, 0.15) is 0 Å². The molecular weight excluding hydrogens is 422 g/mol. The van der Waals surface area contributed by atoms with Crippen LogP contribution in [0.1, 0.15) is 33.0 Å². The zero-order valence-electron chi connectivity index (χ0n) is 18.6. The molecule has 0 aliphatic rings. The Kier molecular flexibility index (Phi) is 6.08. The molecule has 5 rings (SSSR count). The minimum atomic E-state index is -0.152. The summed E-state index contributed by atoms with van der Waals surface area (Å²) < 4.78 is 1.67. The average Bonchev–Trinajstić information content (AvgIpc) is 3.36. The maximum absolute atomic E-state index is 12.8. The van der Waals surface area contributed by atoms with Crippen LogP contribution in [0.3, 0.4) is 0 Å². The Bertz CT molecular complexity index is 1430. The molecule has 3 aromatic carbocycles. The molecule has 0 unspecified atom stereocenters. The van der Waals surface area contributed by atoms with Crippen molar-refractivity contribution in [2.45, 2.75) is 12.5 Å². The molecule has 0 aliphatic carbocycles. The number of hydrogen-bond donors (Lipinski definition) is 2. The highest BCUT2D eigenvalue weighted by atomic mass is 16.1. The van der Waals surface area contributed by atoms with Crippen molar-refractivity contribution in [3.05, 3.63) is 142 Å². The summed E-state index contributed by atoms with van der Waals surface area (Å²) in [6.07, 6.45) is 3.73. The molecule has 1 amide bonds. The number of nitrogens with one attached hydrogen (secondary N) is 2. The van der Waals surface area contributed by atoms with Crippen LogP contribution >= 0.6 is 0 Å². The van der Waals surface area contributed by atoms with Gasteiger partial charge in [-0.3, -0.25) is 9.59 Å². The van der Waals surface area contributed by atoms with Crippen LogP contribution in [0.15, 0.2) is 114 Å². The number of hydrogen-bond acceptors (Lipinski definition) is 2. The Morgan fingerprint density at radius 1 is 0.794 bits per heavy atom. The minimum Gasteiger partial charge on any atom is -0.361 e. The van der Waals surface area contributed by atoms with Gasteiger partial charge in [-0.05, 0) is 34.9 Å². The molecule has 2 aromatic heterocycles. The zero-order chi connectivity index (χ0) is 23.3. The third-order valence-corrected chi connectivity index (χ3v) is 6.08. The largest absolute Gasteiger partial charge is 0.361 e. The number of amides is 1. The van der Waals surface area contributed by atoms with Crippen molar-refractivity contribution in [1.82, 2.24) is 14.9 Å². The van der Waals surface area contributed by atoms with E-state index in [4.69, 9.17) is 0 Å². The molecule has 5 heteroatoms. The third-order valence-electron chi connectivity index (χ3n) is 6.08. The van der Waals surface area contributed by atoms with Crippen LogP contribution in [0.5, 0.6) is 0 Å². The first kappa shape index (κ1) is 21.5. The first-order chi connectivity index (χ1) is 16.7. The van der Waals surface area contributed by atoms with Crippen molar-refractivity contribution in [1.29, 1.82) is 0 Å². The quantitative estimate of drug-likeness (QED) is 0.371. The lowest BCUT2D eigenvalue weighted by Gasteiger charge is -2.20. The summed E-state index contributed by atoms with van der Waals surface area (Å²) in [7, 11) is 0. The van der Waals surface area contributed by atoms with Gasteiger partial charge >= 0.3 is 0 Å². The third kappa shape index (κ3) is 4.41. The Morgan fingerprint density at radius 2 is 1.50 bits per heavy atom. The summed E-state index contributed by atoms with van der Waals surface area (Å²) in [5.74, 6) is -0.143. The van der Waals surface area contributed by atoms with Crippen LogP contribution in [0.25, 0.3) is 10.9 Å². The van der Waals surface area contributed by atoms with E-state index in [0.717, 1.165) is 27.6 Å². The molecule has 5 nitrogen and oxygen atoms in total. The van der Waals surface area contributed by atoms with Crippen LogP contribution < -0.4 is 10.9 Å². The van der Waals surface area contributed by atoms with Crippen molar-refractivity contribution < 1.29 is 4.79 Å². The van der Waals surface area contributed by atoms with Gasteiger partial charge in [0.05, 0.1) is 0 Å². The molecule has 0 saturated heterocycles. The topological polar surface area (TPSA) is 66.9 Å². The van der Waals surface area contributed by atoms with E-state index in [2.05, 4.69) is 34.6 Å². The summed E-state index contributed by atoms with van der Waals surface area (Å²) in [4.78, 5) is 28.5. The fourth-order valence-corrected chi connectivity index (χ4v) is 4.43. The van der Waals surface area contributed by atoms with Gasteiger partial charge in [0, 0.05) is 53.9 Å². The Hall–Kier alpha value is -4.38. The molecule has 2 heterocycles. The number of nitrogens with zero attached hydrogens (tertiary/aromatic N) is 1. The lowest BCUT2D eigenvalue weighted by atomic mass is 9.86. The highest BCUT2D eigenvalue weighted by Crippen LogP contribution is 2.31. The summed E-state index contributed by atoms with van der Waals surface area (Å²) >= 11 is 0. The number of pyridine rings is 1. The van der Waals surface area contributed by atoms with E-state index in [1.807, 2.05) is 79.1 Å². The molecule has 0 atom stereocenters. The number of rotatable bonds is 7. The molecule has 34 heavy (non-hydrogen) atoms. The molecule has 5 aromatic rings. The lowest BCUT2D eigenvalue weighted by molar-refractivity contribution is 0.0954. The number of benzene rings is 3. The molecule has 0 spiro atoms. The maximum Gasteiger partial charge on any atom is 0.252 e. The van der Waals surface area contributed by atoms with E-state index in [1.165, 1.54) is 0 Å². The van der Waals surface area contributed by atoms with E-state index in [-0.39, 0.29) is 17.4 Å². The summed E-state index contributed by atoms with van der Waals surface area (Å²) in [6, 6.07) is 31.6. The normalized spacial score (nSPS) is 11.1. The smallest absolute Gasteiger partial charge is 0.252 e. The Labute approximate surface area is 197 Å². The van der Waals surface area contributed by atoms with Crippen LogP contribution in [0.4, 0.5) is 0 Å². The molecule has 168 valence electrons. The van der Waals surface area contributed by atoms with E-state index in [9.17, 15) is 9.59 Å². The molecule has 0 bridgehead atoms. The van der Waals surface area contributed by atoms with Crippen molar-refractivity contribution >= 4 is 16.8 Å². The zero-order valence-corrected chi connectivity index (χ0v) is 18.6. The second-order valence-corrected chi connectivity index (χ2v) is 8.25. The van der Waals surface area contributed by atoms with Crippen LogP contribution in [0, 0.1) is 0 Å². The Morgan fingerprint density at radius 3 is 2.21 bits per heavy atom. The Balaban J connectivity index is 1.37. The molecule has 0 fully saturated rings. The van der Waals surface area contributed by atoms with Crippen molar-refractivity contribution in [3.8, 4) is 0 Å². The average molecular weight is 448 g/mol. The van der Waals surface area contributed by atoms with Gasteiger partial charge in [0.25, 0.3) is 11.5 Å². The van der Waals surface area contributed by atoms with Gasteiger partial charge in [-0.25, -0.2) is 0 Å². The first-order valence-electron chi connectivity index (χ1n) is 11.4. The van der Waals surface area contributed by atoms with Crippen LogP contribution in [0.2, 0.25) is 0 Å². The van der Waals surface area contributed by atoms with Gasteiger partial charge in [-0.15, -0.1) is 0 Å². The number of aromatic amines is 1. The lowest BCUT2D eigenvalue weighted by Crippen LogP contribution is -2.30. The molecular formula is C29H25N3O2.